The Morgan fingerprint density at radius 1 is 1.29 bits per heavy atom. The number of halogens is 2. The second kappa shape index (κ2) is 4.39. The fourth-order valence-electron chi connectivity index (χ4n) is 1.12. The SMILES string of the molecule is Brc1ccc(Cn2cnc(I)n2)cc1. The summed E-state index contributed by atoms with van der Waals surface area (Å²) < 4.78 is 3.69. The Morgan fingerprint density at radius 3 is 2.57 bits per heavy atom. The van der Waals surface area contributed by atoms with Gasteiger partial charge in [-0.1, -0.05) is 28.1 Å². The normalized spacial score (nSPS) is 10.4. The van der Waals surface area contributed by atoms with Crippen molar-refractivity contribution < 1.29 is 0 Å². The van der Waals surface area contributed by atoms with Crippen molar-refractivity contribution in [2.45, 2.75) is 6.54 Å². The number of hydrogen-bond acceptors (Lipinski definition) is 2. The molecule has 0 bridgehead atoms. The summed E-state index contributed by atoms with van der Waals surface area (Å²) in [7, 11) is 0. The maximum Gasteiger partial charge on any atom is 0.211 e. The first-order valence-corrected chi connectivity index (χ1v) is 5.90. The van der Waals surface area contributed by atoms with Gasteiger partial charge in [0.1, 0.15) is 6.33 Å². The molecule has 1 aromatic carbocycles. The number of hydrogen-bond donors (Lipinski definition) is 0. The Bertz CT molecular complexity index is 424. The molecule has 72 valence electrons. The zero-order valence-electron chi connectivity index (χ0n) is 7.19. The Hall–Kier alpha value is -0.430. The van der Waals surface area contributed by atoms with Crippen LogP contribution in [0.1, 0.15) is 5.56 Å². The highest BCUT2D eigenvalue weighted by molar-refractivity contribution is 14.1. The van der Waals surface area contributed by atoms with E-state index >= 15 is 0 Å². The first kappa shape index (κ1) is 10.1. The maximum absolute atomic E-state index is 4.21. The molecule has 0 aliphatic heterocycles. The third-order valence-electron chi connectivity index (χ3n) is 1.77. The van der Waals surface area contributed by atoms with Crippen LogP contribution in [0.2, 0.25) is 0 Å². The number of rotatable bonds is 2. The molecule has 1 aromatic heterocycles. The first-order chi connectivity index (χ1) is 6.74. The van der Waals surface area contributed by atoms with Crippen molar-refractivity contribution in [3.8, 4) is 0 Å². The van der Waals surface area contributed by atoms with Crippen molar-refractivity contribution in [3.05, 3.63) is 44.5 Å². The molecule has 0 aliphatic rings. The lowest BCUT2D eigenvalue weighted by molar-refractivity contribution is 0.680. The van der Waals surface area contributed by atoms with Gasteiger partial charge in [0.25, 0.3) is 0 Å². The molecule has 0 N–H and O–H groups in total. The minimum Gasteiger partial charge on any atom is -0.247 e. The van der Waals surface area contributed by atoms with Crippen molar-refractivity contribution in [2.75, 3.05) is 0 Å². The van der Waals surface area contributed by atoms with Crippen LogP contribution in [0.5, 0.6) is 0 Å². The van der Waals surface area contributed by atoms with Crippen LogP contribution in [0.25, 0.3) is 0 Å². The van der Waals surface area contributed by atoms with E-state index in [1.807, 2.05) is 16.8 Å². The predicted octanol–water partition coefficient (Wildman–Crippen LogP) is 2.69. The molecule has 1 heterocycles. The van der Waals surface area contributed by atoms with E-state index in [0.717, 1.165) is 14.8 Å². The fourth-order valence-corrected chi connectivity index (χ4v) is 1.79. The average Bonchev–Trinajstić information content (AvgIpc) is 2.56. The zero-order valence-corrected chi connectivity index (χ0v) is 10.9. The van der Waals surface area contributed by atoms with E-state index in [2.05, 4.69) is 60.7 Å². The van der Waals surface area contributed by atoms with E-state index in [9.17, 15) is 0 Å². The summed E-state index contributed by atoms with van der Waals surface area (Å²) in [6, 6.07) is 8.19. The van der Waals surface area contributed by atoms with Gasteiger partial charge in [-0.15, -0.1) is 5.10 Å². The second-order valence-electron chi connectivity index (χ2n) is 2.84. The van der Waals surface area contributed by atoms with Gasteiger partial charge in [0, 0.05) is 27.1 Å². The van der Waals surface area contributed by atoms with Crippen molar-refractivity contribution in [1.82, 2.24) is 14.8 Å². The van der Waals surface area contributed by atoms with Crippen molar-refractivity contribution >= 4 is 38.5 Å². The van der Waals surface area contributed by atoms with E-state index < -0.39 is 0 Å². The number of aromatic nitrogens is 3. The molecule has 0 spiro atoms. The molecular weight excluding hydrogens is 357 g/mol. The molecule has 0 amide bonds. The van der Waals surface area contributed by atoms with Gasteiger partial charge in [-0.2, -0.15) is 0 Å². The lowest BCUT2D eigenvalue weighted by Gasteiger charge is -2.00. The maximum atomic E-state index is 4.21. The smallest absolute Gasteiger partial charge is 0.211 e. The Balaban J connectivity index is 2.15. The van der Waals surface area contributed by atoms with Gasteiger partial charge in [-0.3, -0.25) is 0 Å². The monoisotopic (exact) mass is 363 g/mol. The van der Waals surface area contributed by atoms with Crippen LogP contribution in [0, 0.1) is 3.83 Å². The Kier molecular flexibility index (Phi) is 3.17. The van der Waals surface area contributed by atoms with E-state index in [1.165, 1.54) is 5.56 Å². The Labute approximate surface area is 104 Å². The molecule has 14 heavy (non-hydrogen) atoms. The molecule has 0 radical (unpaired) electrons. The van der Waals surface area contributed by atoms with E-state index in [1.54, 1.807) is 6.33 Å². The second-order valence-corrected chi connectivity index (χ2v) is 4.72. The van der Waals surface area contributed by atoms with Crippen molar-refractivity contribution in [1.29, 1.82) is 0 Å². The van der Waals surface area contributed by atoms with Gasteiger partial charge >= 0.3 is 0 Å². The van der Waals surface area contributed by atoms with Crippen LogP contribution in [0.15, 0.2) is 35.1 Å². The molecule has 0 aliphatic carbocycles. The van der Waals surface area contributed by atoms with Crippen LogP contribution >= 0.6 is 38.5 Å². The average molecular weight is 364 g/mol. The molecule has 5 heteroatoms. The minimum absolute atomic E-state index is 0.767. The van der Waals surface area contributed by atoms with Crippen molar-refractivity contribution in [3.63, 3.8) is 0 Å². The molecule has 0 atom stereocenters. The third kappa shape index (κ3) is 2.54. The van der Waals surface area contributed by atoms with E-state index in [-0.39, 0.29) is 0 Å². The molecule has 0 unspecified atom stereocenters. The van der Waals surface area contributed by atoms with Crippen LogP contribution in [-0.2, 0) is 6.54 Å². The van der Waals surface area contributed by atoms with Gasteiger partial charge in [0.15, 0.2) is 0 Å². The lowest BCUT2D eigenvalue weighted by Crippen LogP contribution is -1.99. The summed E-state index contributed by atoms with van der Waals surface area (Å²) in [5, 5.41) is 4.21. The molecule has 0 fully saturated rings. The minimum atomic E-state index is 0.767. The first-order valence-electron chi connectivity index (χ1n) is 4.03. The summed E-state index contributed by atoms with van der Waals surface area (Å²) in [6.07, 6.45) is 1.74. The summed E-state index contributed by atoms with van der Waals surface area (Å²) in [5.74, 6) is 0. The van der Waals surface area contributed by atoms with E-state index in [4.69, 9.17) is 0 Å². The zero-order chi connectivity index (χ0) is 9.97. The largest absolute Gasteiger partial charge is 0.247 e. The molecule has 2 aromatic rings. The number of benzene rings is 1. The summed E-state index contributed by atoms with van der Waals surface area (Å²) in [6.45, 7) is 0.767. The predicted molar refractivity (Wildman–Crippen MR) is 66.0 cm³/mol. The molecule has 3 nitrogen and oxygen atoms in total. The van der Waals surface area contributed by atoms with Gasteiger partial charge < -0.3 is 0 Å². The van der Waals surface area contributed by atoms with Gasteiger partial charge in [0.05, 0.1) is 6.54 Å². The van der Waals surface area contributed by atoms with Crippen LogP contribution in [0.4, 0.5) is 0 Å². The number of nitrogens with zero attached hydrogens (tertiary/aromatic N) is 3. The standard InChI is InChI=1S/C9H7BrIN3/c10-8-3-1-7(2-4-8)5-14-6-12-9(11)13-14/h1-4,6H,5H2. The Morgan fingerprint density at radius 2 is 2.00 bits per heavy atom. The topological polar surface area (TPSA) is 30.7 Å². The summed E-state index contributed by atoms with van der Waals surface area (Å²) >= 11 is 5.50. The molecule has 2 rings (SSSR count). The van der Waals surface area contributed by atoms with Crippen LogP contribution in [-0.4, -0.2) is 14.8 Å². The summed E-state index contributed by atoms with van der Waals surface area (Å²) in [4.78, 5) is 4.06. The highest BCUT2D eigenvalue weighted by Gasteiger charge is 1.97. The van der Waals surface area contributed by atoms with Crippen molar-refractivity contribution in [2.24, 2.45) is 0 Å². The molecular formula is C9H7BrIN3. The van der Waals surface area contributed by atoms with Gasteiger partial charge in [-0.25, -0.2) is 9.67 Å². The molecule has 0 saturated heterocycles. The van der Waals surface area contributed by atoms with E-state index in [0.29, 0.717) is 0 Å². The quantitative estimate of drug-likeness (QED) is 0.768. The van der Waals surface area contributed by atoms with Gasteiger partial charge in [-0.05, 0) is 17.7 Å². The highest BCUT2D eigenvalue weighted by atomic mass is 127. The highest BCUT2D eigenvalue weighted by Crippen LogP contribution is 2.11. The van der Waals surface area contributed by atoms with Gasteiger partial charge in [0.2, 0.25) is 3.83 Å². The fraction of sp³-hybridized carbons (Fsp3) is 0.111. The summed E-state index contributed by atoms with van der Waals surface area (Å²) in [5.41, 5.74) is 1.22. The van der Waals surface area contributed by atoms with Crippen LogP contribution in [0.3, 0.4) is 0 Å². The molecule has 0 saturated carbocycles. The van der Waals surface area contributed by atoms with Crippen LogP contribution < -0.4 is 0 Å². The lowest BCUT2D eigenvalue weighted by atomic mass is 10.2. The third-order valence-corrected chi connectivity index (χ3v) is 2.79.